The van der Waals surface area contributed by atoms with E-state index < -0.39 is 0 Å². The molecule has 4 nitrogen and oxygen atoms in total. The van der Waals surface area contributed by atoms with E-state index in [1.807, 2.05) is 25.6 Å². The van der Waals surface area contributed by atoms with E-state index in [1.54, 1.807) is 4.90 Å². The van der Waals surface area contributed by atoms with Gasteiger partial charge < -0.3 is 4.90 Å². The van der Waals surface area contributed by atoms with Crippen molar-refractivity contribution in [3.63, 3.8) is 0 Å². The highest BCUT2D eigenvalue weighted by atomic mass is 32.2. The summed E-state index contributed by atoms with van der Waals surface area (Å²) in [5.41, 5.74) is 0. The van der Waals surface area contributed by atoms with Crippen molar-refractivity contribution >= 4 is 23.7 Å². The molecule has 0 aromatic heterocycles. The van der Waals surface area contributed by atoms with Crippen LogP contribution in [0, 0.1) is 5.92 Å². The first-order valence-corrected chi connectivity index (χ1v) is 6.91. The van der Waals surface area contributed by atoms with E-state index in [0.29, 0.717) is 6.54 Å². The van der Waals surface area contributed by atoms with Crippen molar-refractivity contribution in [2.75, 3.05) is 18.1 Å². The Hall–Kier alpha value is -0.710. The molecular formula is C11H20N2O2S. The third kappa shape index (κ3) is 3.40. The predicted octanol–water partition coefficient (Wildman–Crippen LogP) is 1.71. The van der Waals surface area contributed by atoms with Crippen molar-refractivity contribution in [2.45, 2.75) is 33.2 Å². The Morgan fingerprint density at radius 2 is 2.25 bits per heavy atom. The van der Waals surface area contributed by atoms with Crippen molar-refractivity contribution in [1.82, 2.24) is 10.2 Å². The molecule has 16 heavy (non-hydrogen) atoms. The summed E-state index contributed by atoms with van der Waals surface area (Å²) in [4.78, 5) is 24.6. The number of imide groups is 1. The molecule has 3 amide bonds. The zero-order valence-electron chi connectivity index (χ0n) is 10.2. The summed E-state index contributed by atoms with van der Waals surface area (Å²) in [6, 6.07) is -0.0355. The first-order valence-electron chi connectivity index (χ1n) is 5.75. The van der Waals surface area contributed by atoms with Crippen LogP contribution in [0.4, 0.5) is 4.79 Å². The fourth-order valence-electron chi connectivity index (χ4n) is 1.70. The van der Waals surface area contributed by atoms with E-state index in [1.165, 1.54) is 0 Å². The van der Waals surface area contributed by atoms with Gasteiger partial charge in [0.15, 0.2) is 0 Å². The molecule has 0 radical (unpaired) electrons. The van der Waals surface area contributed by atoms with Crippen LogP contribution in [0.5, 0.6) is 0 Å². The molecule has 2 atom stereocenters. The Balaban J connectivity index is 2.45. The van der Waals surface area contributed by atoms with Crippen LogP contribution in [-0.2, 0) is 4.79 Å². The van der Waals surface area contributed by atoms with Gasteiger partial charge in [-0.1, -0.05) is 13.8 Å². The van der Waals surface area contributed by atoms with Crippen molar-refractivity contribution in [1.29, 1.82) is 0 Å². The maximum Gasteiger partial charge on any atom is 0.324 e. The molecule has 2 unspecified atom stereocenters. The lowest BCUT2D eigenvalue weighted by atomic mass is 10.1. The molecule has 1 heterocycles. The van der Waals surface area contributed by atoms with E-state index in [-0.39, 0.29) is 23.9 Å². The fraction of sp³-hybridized carbons (Fsp3) is 0.818. The zero-order chi connectivity index (χ0) is 12.1. The van der Waals surface area contributed by atoms with Gasteiger partial charge in [-0.05, 0) is 24.9 Å². The number of hydrogen-bond donors (Lipinski definition) is 1. The topological polar surface area (TPSA) is 49.4 Å². The van der Waals surface area contributed by atoms with Crippen LogP contribution in [0.2, 0.25) is 0 Å². The lowest BCUT2D eigenvalue weighted by molar-refractivity contribution is -0.125. The van der Waals surface area contributed by atoms with Gasteiger partial charge in [0.05, 0.1) is 5.92 Å². The van der Waals surface area contributed by atoms with Crippen LogP contribution < -0.4 is 5.32 Å². The van der Waals surface area contributed by atoms with E-state index in [9.17, 15) is 9.59 Å². The fourth-order valence-corrected chi connectivity index (χ4v) is 2.49. The summed E-state index contributed by atoms with van der Waals surface area (Å²) in [6.45, 7) is 6.56. The molecule has 0 aromatic rings. The molecule has 5 heteroatoms. The van der Waals surface area contributed by atoms with Gasteiger partial charge in [0.2, 0.25) is 5.91 Å². The average Bonchev–Trinajstić information content (AvgIpc) is 2.23. The van der Waals surface area contributed by atoms with Crippen molar-refractivity contribution in [2.24, 2.45) is 5.92 Å². The Labute approximate surface area is 101 Å². The van der Waals surface area contributed by atoms with Crippen LogP contribution in [0.25, 0.3) is 0 Å². The summed E-state index contributed by atoms with van der Waals surface area (Å²) in [5, 5.41) is 2.39. The molecular weight excluding hydrogens is 224 g/mol. The van der Waals surface area contributed by atoms with Crippen molar-refractivity contribution < 1.29 is 9.59 Å². The number of urea groups is 1. The average molecular weight is 244 g/mol. The normalized spacial score (nSPS) is 23.2. The molecule has 92 valence electrons. The highest BCUT2D eigenvalue weighted by molar-refractivity contribution is 7.99. The molecule has 1 rings (SSSR count). The third-order valence-electron chi connectivity index (χ3n) is 2.83. The minimum Gasteiger partial charge on any atom is -0.321 e. The van der Waals surface area contributed by atoms with E-state index in [0.717, 1.165) is 17.9 Å². The van der Waals surface area contributed by atoms with Crippen LogP contribution in [0.15, 0.2) is 0 Å². The molecule has 0 bridgehead atoms. The summed E-state index contributed by atoms with van der Waals surface area (Å²) >= 11 is 1.88. The summed E-state index contributed by atoms with van der Waals surface area (Å²) in [5.74, 6) is 1.91. The van der Waals surface area contributed by atoms with Crippen LogP contribution in [-0.4, -0.2) is 40.9 Å². The second kappa shape index (κ2) is 6.13. The zero-order valence-corrected chi connectivity index (χ0v) is 11.0. The Bertz CT molecular complexity index is 271. The van der Waals surface area contributed by atoms with Crippen LogP contribution >= 0.6 is 11.8 Å². The number of amides is 3. The smallest absolute Gasteiger partial charge is 0.321 e. The lowest BCUT2D eigenvalue weighted by Gasteiger charge is -2.35. The number of nitrogens with one attached hydrogen (secondary N) is 1. The highest BCUT2D eigenvalue weighted by Crippen LogP contribution is 2.15. The van der Waals surface area contributed by atoms with E-state index in [4.69, 9.17) is 0 Å². The van der Waals surface area contributed by atoms with Gasteiger partial charge in [0, 0.05) is 12.6 Å². The summed E-state index contributed by atoms with van der Waals surface area (Å²) in [7, 11) is 0. The summed E-state index contributed by atoms with van der Waals surface area (Å²) < 4.78 is 0. The molecule has 1 aliphatic heterocycles. The molecule has 1 aliphatic rings. The molecule has 1 fully saturated rings. The lowest BCUT2D eigenvalue weighted by Crippen LogP contribution is -2.56. The van der Waals surface area contributed by atoms with Crippen molar-refractivity contribution in [3.8, 4) is 0 Å². The number of hydrogen-bond acceptors (Lipinski definition) is 3. The Morgan fingerprint density at radius 1 is 1.56 bits per heavy atom. The quantitative estimate of drug-likeness (QED) is 0.749. The highest BCUT2D eigenvalue weighted by Gasteiger charge is 2.31. The minimum absolute atomic E-state index is 0.0982. The monoisotopic (exact) mass is 244 g/mol. The standard InChI is InChI=1S/C11H20N2O2S/c1-4-16-6-5-9(3)13-7-8(2)10(14)12-11(13)15/h8-9H,4-7H2,1-3H3,(H,12,14,15). The maximum absolute atomic E-state index is 11.6. The molecule has 0 saturated carbocycles. The van der Waals surface area contributed by atoms with Gasteiger partial charge in [-0.2, -0.15) is 11.8 Å². The molecule has 0 aromatic carbocycles. The largest absolute Gasteiger partial charge is 0.324 e. The van der Waals surface area contributed by atoms with E-state index in [2.05, 4.69) is 12.2 Å². The van der Waals surface area contributed by atoms with E-state index >= 15 is 0 Å². The van der Waals surface area contributed by atoms with Gasteiger partial charge in [0.25, 0.3) is 0 Å². The van der Waals surface area contributed by atoms with Crippen LogP contribution in [0.3, 0.4) is 0 Å². The van der Waals surface area contributed by atoms with Gasteiger partial charge in [-0.15, -0.1) is 0 Å². The predicted molar refractivity (Wildman–Crippen MR) is 66.5 cm³/mol. The summed E-state index contributed by atoms with van der Waals surface area (Å²) in [6.07, 6.45) is 0.979. The van der Waals surface area contributed by atoms with Crippen LogP contribution in [0.1, 0.15) is 27.2 Å². The number of thioether (sulfide) groups is 1. The first-order chi connectivity index (χ1) is 7.56. The van der Waals surface area contributed by atoms with Crippen molar-refractivity contribution in [3.05, 3.63) is 0 Å². The minimum atomic E-state index is -0.239. The number of carbonyl (C=O) groups is 2. The number of carbonyl (C=O) groups excluding carboxylic acids is 2. The molecule has 0 aliphatic carbocycles. The van der Waals surface area contributed by atoms with Gasteiger partial charge in [-0.25, -0.2) is 4.79 Å². The molecule has 1 saturated heterocycles. The number of nitrogens with zero attached hydrogens (tertiary/aromatic N) is 1. The first kappa shape index (κ1) is 13.4. The number of rotatable bonds is 5. The molecule has 1 N–H and O–H groups in total. The third-order valence-corrected chi connectivity index (χ3v) is 3.76. The van der Waals surface area contributed by atoms with Gasteiger partial charge in [-0.3, -0.25) is 10.1 Å². The Morgan fingerprint density at radius 3 is 2.88 bits per heavy atom. The SMILES string of the molecule is CCSCCC(C)N1CC(C)C(=O)NC1=O. The van der Waals surface area contributed by atoms with Gasteiger partial charge in [0.1, 0.15) is 0 Å². The Kier molecular flexibility index (Phi) is 5.12. The second-order valence-electron chi connectivity index (χ2n) is 4.18. The van der Waals surface area contributed by atoms with Gasteiger partial charge >= 0.3 is 6.03 Å². The molecule has 0 spiro atoms. The second-order valence-corrected chi connectivity index (χ2v) is 5.58. The maximum atomic E-state index is 11.6.